The van der Waals surface area contributed by atoms with Crippen molar-refractivity contribution in [2.75, 3.05) is 13.2 Å². The zero-order valence-electron chi connectivity index (χ0n) is 17.9. The molecule has 0 unspecified atom stereocenters. The van der Waals surface area contributed by atoms with Crippen molar-refractivity contribution in [3.8, 4) is 0 Å². The minimum atomic E-state index is -1.22. The molecule has 10 nitrogen and oxygen atoms in total. The van der Waals surface area contributed by atoms with Crippen LogP contribution in [0.4, 0.5) is 0 Å². The monoisotopic (exact) mass is 418 g/mol. The van der Waals surface area contributed by atoms with Crippen LogP contribution in [0.3, 0.4) is 0 Å². The first-order valence-corrected chi connectivity index (χ1v) is 9.22. The molecule has 1 fully saturated rings. The number of carbonyl (C=O) groups is 4. The lowest BCUT2D eigenvalue weighted by Crippen LogP contribution is -2.63. The standard InChI is InChI=1S/C19H30O10/c1-10(20)24-8-14-15(26-11(2)21)16(27-12(3)22)17(28-13(4)23)18(29-14)25-9-19(5,6)7/h14-18H,8-9H2,1-7H3/t14-,15-,16+,17-,18+/m1/s1. The number of esters is 4. The van der Waals surface area contributed by atoms with Crippen molar-refractivity contribution in [3.63, 3.8) is 0 Å². The molecule has 0 radical (unpaired) electrons. The zero-order chi connectivity index (χ0) is 22.4. The topological polar surface area (TPSA) is 124 Å². The molecule has 0 aromatic rings. The van der Waals surface area contributed by atoms with E-state index in [2.05, 4.69) is 0 Å². The highest BCUT2D eigenvalue weighted by molar-refractivity contribution is 5.68. The molecular weight excluding hydrogens is 388 g/mol. The van der Waals surface area contributed by atoms with Crippen LogP contribution in [0.5, 0.6) is 0 Å². The number of hydrogen-bond donors (Lipinski definition) is 0. The van der Waals surface area contributed by atoms with Crippen LogP contribution in [0.15, 0.2) is 0 Å². The lowest BCUT2D eigenvalue weighted by molar-refractivity contribution is -0.311. The first-order valence-electron chi connectivity index (χ1n) is 9.22. The number of carbonyl (C=O) groups excluding carboxylic acids is 4. The molecule has 5 atom stereocenters. The molecular formula is C19H30O10. The molecule has 10 heteroatoms. The predicted molar refractivity (Wildman–Crippen MR) is 97.4 cm³/mol. The van der Waals surface area contributed by atoms with Crippen molar-refractivity contribution in [3.05, 3.63) is 0 Å². The van der Waals surface area contributed by atoms with Crippen LogP contribution in [0.25, 0.3) is 0 Å². The Morgan fingerprint density at radius 2 is 1.24 bits per heavy atom. The Kier molecular flexibility index (Phi) is 9.03. The molecule has 1 saturated heterocycles. The molecule has 0 N–H and O–H groups in total. The third-order valence-electron chi connectivity index (χ3n) is 3.63. The Bertz CT molecular complexity index is 609. The van der Waals surface area contributed by atoms with Gasteiger partial charge in [-0.2, -0.15) is 0 Å². The normalized spacial score (nSPS) is 26.9. The lowest BCUT2D eigenvalue weighted by atomic mass is 9.96. The van der Waals surface area contributed by atoms with Gasteiger partial charge in [0.05, 0.1) is 6.61 Å². The van der Waals surface area contributed by atoms with Gasteiger partial charge in [0, 0.05) is 27.7 Å². The third-order valence-corrected chi connectivity index (χ3v) is 3.63. The molecule has 1 aliphatic heterocycles. The van der Waals surface area contributed by atoms with E-state index in [1.807, 2.05) is 20.8 Å². The van der Waals surface area contributed by atoms with Crippen LogP contribution in [-0.4, -0.2) is 67.8 Å². The fourth-order valence-corrected chi connectivity index (χ4v) is 2.65. The van der Waals surface area contributed by atoms with E-state index >= 15 is 0 Å². The van der Waals surface area contributed by atoms with Gasteiger partial charge in [0.15, 0.2) is 24.6 Å². The van der Waals surface area contributed by atoms with E-state index in [-0.39, 0.29) is 18.6 Å². The number of hydrogen-bond acceptors (Lipinski definition) is 10. The van der Waals surface area contributed by atoms with Crippen molar-refractivity contribution < 1.29 is 47.6 Å². The third kappa shape index (κ3) is 8.78. The van der Waals surface area contributed by atoms with Crippen molar-refractivity contribution in [1.29, 1.82) is 0 Å². The fraction of sp³-hybridized carbons (Fsp3) is 0.789. The minimum Gasteiger partial charge on any atom is -0.463 e. The van der Waals surface area contributed by atoms with Crippen LogP contribution >= 0.6 is 0 Å². The summed E-state index contributed by atoms with van der Waals surface area (Å²) in [7, 11) is 0. The minimum absolute atomic E-state index is 0.223. The van der Waals surface area contributed by atoms with Crippen LogP contribution < -0.4 is 0 Å². The summed E-state index contributed by atoms with van der Waals surface area (Å²) in [6.07, 6.45) is -5.76. The summed E-state index contributed by atoms with van der Waals surface area (Å²) in [5.41, 5.74) is -0.251. The molecule has 0 amide bonds. The maximum Gasteiger partial charge on any atom is 0.303 e. The summed E-state index contributed by atoms with van der Waals surface area (Å²) < 4.78 is 32.5. The molecule has 166 valence electrons. The van der Waals surface area contributed by atoms with E-state index in [1.54, 1.807) is 0 Å². The van der Waals surface area contributed by atoms with E-state index in [1.165, 1.54) is 13.8 Å². The van der Waals surface area contributed by atoms with Gasteiger partial charge in [-0.25, -0.2) is 0 Å². The molecule has 0 aromatic heterocycles. The second-order valence-electron chi connectivity index (χ2n) is 7.94. The van der Waals surface area contributed by atoms with Gasteiger partial charge in [0.25, 0.3) is 0 Å². The second kappa shape index (κ2) is 10.5. The highest BCUT2D eigenvalue weighted by Gasteiger charge is 2.52. The second-order valence-corrected chi connectivity index (χ2v) is 7.94. The Hall–Kier alpha value is -2.20. The highest BCUT2D eigenvalue weighted by atomic mass is 16.7. The predicted octanol–water partition coefficient (Wildman–Crippen LogP) is 1.13. The smallest absolute Gasteiger partial charge is 0.303 e. The largest absolute Gasteiger partial charge is 0.463 e. The number of ether oxygens (including phenoxy) is 6. The maximum absolute atomic E-state index is 11.7. The van der Waals surface area contributed by atoms with Gasteiger partial charge in [-0.1, -0.05) is 20.8 Å². The lowest BCUT2D eigenvalue weighted by Gasteiger charge is -2.44. The van der Waals surface area contributed by atoms with Gasteiger partial charge in [-0.05, 0) is 5.41 Å². The molecule has 1 aliphatic rings. The Balaban J connectivity index is 3.28. The summed E-state index contributed by atoms with van der Waals surface area (Å²) in [5.74, 6) is -2.61. The van der Waals surface area contributed by atoms with Crippen molar-refractivity contribution in [2.24, 2.45) is 5.41 Å². The van der Waals surface area contributed by atoms with Crippen molar-refractivity contribution in [1.82, 2.24) is 0 Å². The van der Waals surface area contributed by atoms with E-state index in [9.17, 15) is 19.2 Å². The first kappa shape index (κ1) is 24.8. The van der Waals surface area contributed by atoms with Crippen LogP contribution in [0.2, 0.25) is 0 Å². The molecule has 29 heavy (non-hydrogen) atoms. The van der Waals surface area contributed by atoms with Gasteiger partial charge < -0.3 is 28.4 Å². The summed E-state index contributed by atoms with van der Waals surface area (Å²) in [6, 6.07) is 0. The van der Waals surface area contributed by atoms with Crippen LogP contribution in [-0.2, 0) is 47.6 Å². The van der Waals surface area contributed by atoms with Crippen LogP contribution in [0, 0.1) is 5.41 Å². The van der Waals surface area contributed by atoms with Gasteiger partial charge in [-0.15, -0.1) is 0 Å². The molecule has 1 heterocycles. The average Bonchev–Trinajstić information content (AvgIpc) is 2.53. The molecule has 0 aromatic carbocycles. The van der Waals surface area contributed by atoms with E-state index in [0.717, 1.165) is 13.8 Å². The van der Waals surface area contributed by atoms with Gasteiger partial charge in [-0.3, -0.25) is 19.2 Å². The van der Waals surface area contributed by atoms with E-state index in [0.29, 0.717) is 0 Å². The summed E-state index contributed by atoms with van der Waals surface area (Å²) in [6.45, 7) is 10.4. The molecule has 0 aliphatic carbocycles. The average molecular weight is 418 g/mol. The Morgan fingerprint density at radius 1 is 0.759 bits per heavy atom. The highest BCUT2D eigenvalue weighted by Crippen LogP contribution is 2.31. The van der Waals surface area contributed by atoms with E-state index in [4.69, 9.17) is 28.4 Å². The number of rotatable bonds is 7. The molecule has 0 bridgehead atoms. The van der Waals surface area contributed by atoms with Crippen molar-refractivity contribution in [2.45, 2.75) is 79.2 Å². The Morgan fingerprint density at radius 3 is 1.69 bits per heavy atom. The first-order chi connectivity index (χ1) is 13.3. The Labute approximate surface area is 170 Å². The summed E-state index contributed by atoms with van der Waals surface area (Å²) in [4.78, 5) is 46.2. The quantitative estimate of drug-likeness (QED) is 0.439. The van der Waals surface area contributed by atoms with Gasteiger partial charge >= 0.3 is 23.9 Å². The van der Waals surface area contributed by atoms with E-state index < -0.39 is 54.6 Å². The van der Waals surface area contributed by atoms with Gasteiger partial charge in [0.1, 0.15) is 12.7 Å². The molecule has 0 spiro atoms. The summed E-state index contributed by atoms with van der Waals surface area (Å²) in [5, 5.41) is 0. The maximum atomic E-state index is 11.7. The summed E-state index contributed by atoms with van der Waals surface area (Å²) >= 11 is 0. The molecule has 1 rings (SSSR count). The SMILES string of the molecule is CC(=O)OC[C@H]1O[C@H](OCC(C)(C)C)[C@H](OC(C)=O)[C@@H](OC(C)=O)[C@@H]1OC(C)=O. The van der Waals surface area contributed by atoms with Crippen LogP contribution in [0.1, 0.15) is 48.5 Å². The fourth-order valence-electron chi connectivity index (χ4n) is 2.65. The van der Waals surface area contributed by atoms with Gasteiger partial charge in [0.2, 0.25) is 0 Å². The molecule has 0 saturated carbocycles. The zero-order valence-corrected chi connectivity index (χ0v) is 17.9. The van der Waals surface area contributed by atoms with Crippen molar-refractivity contribution >= 4 is 23.9 Å².